The number of ether oxygens (including phenoxy) is 2. The standard InChI is InChI=1S/C35H52N2O9S2/c38-16-25-30(41)35(44)11-9-19-10-12-36-27(13-19)37-18-48-47-17-34-23(14-21(15-26(34)39)20-5-2-1-3-6-20)29(40)22-7-4-8-24(28(22)31(34)42)45-33(46-25)32(35)43/h14-15,19-20,22-25,27-28,30,32-33,36-39,41,43-44H,1-13,16-18H2/p+1/t19?,22?,23-,24?,25-,27?,28?,30-,32+,33+,34+,35+/m1/s1. The third-order valence-corrected chi connectivity index (χ3v) is 15.0. The number of carbonyl (C=O) groups excluding carboxylic acids is 2. The van der Waals surface area contributed by atoms with E-state index < -0.39 is 66.1 Å². The lowest BCUT2D eigenvalue weighted by molar-refractivity contribution is -0.704. The lowest BCUT2D eigenvalue weighted by Gasteiger charge is -2.53. The molecule has 12 atom stereocenters. The van der Waals surface area contributed by atoms with E-state index >= 15 is 4.79 Å². The van der Waals surface area contributed by atoms with Crippen LogP contribution in [0.1, 0.15) is 77.0 Å². The van der Waals surface area contributed by atoms with E-state index in [9.17, 15) is 30.3 Å². The van der Waals surface area contributed by atoms with E-state index in [0.29, 0.717) is 31.6 Å². The van der Waals surface area contributed by atoms with Gasteiger partial charge in [-0.1, -0.05) is 53.3 Å². The number of fused-ring (bicyclic) bond motifs is 4. The third kappa shape index (κ3) is 6.26. The SMILES string of the molecule is O=C1C2CCCC3O[C@H]4O[C@H](CO)[C@@H](O)[C@@](O)(CCC5CC[NH2+]C(C5)NCSSC[C@@]5(C(=O)C32)C(O)=CC(C2CCCCC2)=C[C@H]15)[C@H]4O. The fourth-order valence-corrected chi connectivity index (χ4v) is 12.3. The van der Waals surface area contributed by atoms with Crippen molar-refractivity contribution >= 4 is 33.2 Å². The molecule has 1 spiro atoms. The van der Waals surface area contributed by atoms with Crippen LogP contribution in [-0.4, -0.2) is 104 Å². The smallest absolute Gasteiger partial charge is 0.187 e. The number of piperidine rings is 1. The van der Waals surface area contributed by atoms with Crippen molar-refractivity contribution in [3.63, 3.8) is 0 Å². The second-order valence-corrected chi connectivity index (χ2v) is 17.8. The number of ketones is 2. The Balaban J connectivity index is 1.25. The number of carbonyl (C=O) groups is 2. The van der Waals surface area contributed by atoms with Gasteiger partial charge >= 0.3 is 0 Å². The molecule has 0 radical (unpaired) electrons. The van der Waals surface area contributed by atoms with Gasteiger partial charge in [0.05, 0.1) is 37.0 Å². The van der Waals surface area contributed by atoms with Crippen molar-refractivity contribution < 1.29 is 49.9 Å². The van der Waals surface area contributed by atoms with E-state index in [0.717, 1.165) is 50.6 Å². The van der Waals surface area contributed by atoms with Crippen LogP contribution in [0.3, 0.4) is 0 Å². The fourth-order valence-electron chi connectivity index (χ4n) is 9.93. The minimum atomic E-state index is -2.00. The molecule has 3 saturated carbocycles. The molecule has 4 aliphatic carbocycles. The van der Waals surface area contributed by atoms with Gasteiger partial charge in [-0.2, -0.15) is 0 Å². The van der Waals surface area contributed by atoms with Gasteiger partial charge in [-0.3, -0.25) is 14.9 Å². The molecule has 3 saturated heterocycles. The number of Topliss-reactive ketones (excluding diaryl/α,β-unsaturated/α-hetero) is 2. The van der Waals surface area contributed by atoms with Gasteiger partial charge in [-0.05, 0) is 68.4 Å². The van der Waals surface area contributed by atoms with Gasteiger partial charge in [-0.25, -0.2) is 0 Å². The van der Waals surface area contributed by atoms with Gasteiger partial charge in [0.2, 0.25) is 0 Å². The summed E-state index contributed by atoms with van der Waals surface area (Å²) in [6, 6.07) is 0. The minimum absolute atomic E-state index is 0.0394. The summed E-state index contributed by atoms with van der Waals surface area (Å²) >= 11 is 0. The Bertz CT molecular complexity index is 1280. The molecule has 0 aromatic heterocycles. The lowest BCUT2D eigenvalue weighted by atomic mass is 9.52. The maximum atomic E-state index is 15.0. The molecule has 3 aliphatic heterocycles. The predicted octanol–water partition coefficient (Wildman–Crippen LogP) is 1.70. The highest BCUT2D eigenvalue weighted by Crippen LogP contribution is 2.56. The maximum absolute atomic E-state index is 15.0. The summed E-state index contributed by atoms with van der Waals surface area (Å²) < 4.78 is 12.3. The van der Waals surface area contributed by atoms with Gasteiger partial charge in [0.1, 0.15) is 47.0 Å². The molecule has 0 aromatic carbocycles. The summed E-state index contributed by atoms with van der Waals surface area (Å²) in [7, 11) is 3.10. The fraction of sp³-hybridized carbons (Fsp3) is 0.829. The molecule has 13 heteroatoms. The second kappa shape index (κ2) is 14.6. The lowest BCUT2D eigenvalue weighted by Crippen LogP contribution is -2.95. The first-order valence-electron chi connectivity index (χ1n) is 18.2. The molecule has 6 bridgehead atoms. The Morgan fingerprint density at radius 1 is 0.979 bits per heavy atom. The number of hydrogen-bond acceptors (Lipinski definition) is 12. The van der Waals surface area contributed by atoms with E-state index in [1.54, 1.807) is 16.9 Å². The molecule has 7 rings (SSSR count). The second-order valence-electron chi connectivity index (χ2n) is 15.4. The Morgan fingerprint density at radius 3 is 2.58 bits per heavy atom. The molecule has 0 amide bonds. The number of nitrogens with one attached hydrogen (secondary N) is 1. The zero-order chi connectivity index (χ0) is 33.6. The molecule has 3 heterocycles. The van der Waals surface area contributed by atoms with Gasteiger partial charge in [-0.15, -0.1) is 0 Å². The number of allylic oxidation sites excluding steroid dienone is 4. The first-order chi connectivity index (χ1) is 23.2. The zero-order valence-corrected chi connectivity index (χ0v) is 29.2. The number of aliphatic hydroxyl groups excluding tert-OH is 4. The van der Waals surface area contributed by atoms with Crippen LogP contribution in [0, 0.1) is 35.0 Å². The minimum Gasteiger partial charge on any atom is -0.511 e. The predicted molar refractivity (Wildman–Crippen MR) is 180 cm³/mol. The molecular weight excluding hydrogens is 657 g/mol. The van der Waals surface area contributed by atoms with Crippen molar-refractivity contribution in [2.45, 2.75) is 120 Å². The average Bonchev–Trinajstić information content (AvgIpc) is 3.10. The highest BCUT2D eigenvalue weighted by atomic mass is 33.1. The maximum Gasteiger partial charge on any atom is 0.187 e. The summed E-state index contributed by atoms with van der Waals surface area (Å²) in [6.45, 7) is 0.306. The summed E-state index contributed by atoms with van der Waals surface area (Å²) in [5.41, 5.74) is -2.47. The van der Waals surface area contributed by atoms with Crippen LogP contribution < -0.4 is 10.6 Å². The molecule has 7 aliphatic rings. The molecule has 6 fully saturated rings. The van der Waals surface area contributed by atoms with E-state index in [-0.39, 0.29) is 47.5 Å². The number of rotatable bonds is 2. The van der Waals surface area contributed by atoms with Crippen LogP contribution in [0.15, 0.2) is 23.5 Å². The number of hydrogen-bond donors (Lipinski definition) is 7. The number of quaternary nitrogens is 1. The topological polar surface area (TPSA) is 182 Å². The van der Waals surface area contributed by atoms with Gasteiger partial charge < -0.3 is 40.3 Å². The van der Waals surface area contributed by atoms with Crippen molar-refractivity contribution in [2.75, 3.05) is 24.8 Å². The quantitative estimate of drug-likeness (QED) is 0.207. The molecule has 11 nitrogen and oxygen atoms in total. The highest BCUT2D eigenvalue weighted by Gasteiger charge is 2.64. The van der Waals surface area contributed by atoms with Crippen LogP contribution in [-0.2, 0) is 19.1 Å². The highest BCUT2D eigenvalue weighted by molar-refractivity contribution is 8.76. The van der Waals surface area contributed by atoms with Crippen molar-refractivity contribution in [3.8, 4) is 0 Å². The van der Waals surface area contributed by atoms with Crippen molar-refractivity contribution in [1.82, 2.24) is 5.32 Å². The number of aliphatic hydroxyl groups is 5. The van der Waals surface area contributed by atoms with Gasteiger partial charge in [0.25, 0.3) is 0 Å². The Labute approximate surface area is 290 Å². The van der Waals surface area contributed by atoms with E-state index in [2.05, 4.69) is 10.6 Å². The van der Waals surface area contributed by atoms with E-state index in [1.165, 1.54) is 17.2 Å². The Hall–Kier alpha value is -1.00. The third-order valence-electron chi connectivity index (χ3n) is 12.8. The first kappa shape index (κ1) is 35.4. The zero-order valence-electron chi connectivity index (χ0n) is 27.6. The molecule has 0 aromatic rings. The van der Waals surface area contributed by atoms with Crippen molar-refractivity contribution in [1.29, 1.82) is 0 Å². The first-order valence-corrected chi connectivity index (χ1v) is 20.7. The van der Waals surface area contributed by atoms with E-state index in [1.807, 2.05) is 6.08 Å². The molecule has 5 unspecified atom stereocenters. The monoisotopic (exact) mass is 709 g/mol. The molecule has 48 heavy (non-hydrogen) atoms. The number of nitrogens with two attached hydrogens (primary N) is 1. The molecule has 268 valence electrons. The summed E-state index contributed by atoms with van der Waals surface area (Å²) in [4.78, 5) is 29.6. The summed E-state index contributed by atoms with van der Waals surface area (Å²) in [5, 5.41) is 62.6. The Kier molecular flexibility index (Phi) is 10.7. The van der Waals surface area contributed by atoms with Gasteiger partial charge in [0.15, 0.2) is 12.1 Å². The van der Waals surface area contributed by atoms with Crippen LogP contribution >= 0.6 is 21.6 Å². The van der Waals surface area contributed by atoms with Crippen LogP contribution in [0.25, 0.3) is 0 Å². The normalized spacial score (nSPS) is 46.4. The van der Waals surface area contributed by atoms with Crippen molar-refractivity contribution in [3.05, 3.63) is 23.5 Å². The largest absolute Gasteiger partial charge is 0.511 e. The average molecular weight is 710 g/mol. The van der Waals surface area contributed by atoms with Gasteiger partial charge in [0, 0.05) is 18.1 Å². The Morgan fingerprint density at radius 2 is 1.79 bits per heavy atom. The van der Waals surface area contributed by atoms with Crippen LogP contribution in [0.2, 0.25) is 0 Å². The van der Waals surface area contributed by atoms with Crippen molar-refractivity contribution in [2.24, 2.45) is 35.0 Å². The van der Waals surface area contributed by atoms with Crippen LogP contribution in [0.5, 0.6) is 0 Å². The summed E-state index contributed by atoms with van der Waals surface area (Å²) in [6.07, 6.45) is 6.72. The van der Waals surface area contributed by atoms with Crippen LogP contribution in [0.4, 0.5) is 0 Å². The molecule has 8 N–H and O–H groups in total. The molecular formula is C35H53N2O9S2+. The summed E-state index contributed by atoms with van der Waals surface area (Å²) in [5.74, 6) is -1.18. The van der Waals surface area contributed by atoms with E-state index in [4.69, 9.17) is 9.47 Å².